The Morgan fingerprint density at radius 3 is 2.88 bits per heavy atom. The summed E-state index contributed by atoms with van der Waals surface area (Å²) in [5.74, 6) is -0.191. The summed E-state index contributed by atoms with van der Waals surface area (Å²) in [4.78, 5) is 3.66. The third-order valence-electron chi connectivity index (χ3n) is 2.40. The Hall–Kier alpha value is -1.30. The predicted octanol–water partition coefficient (Wildman–Crippen LogP) is 1.84. The molecule has 0 bridgehead atoms. The lowest BCUT2D eigenvalue weighted by atomic mass is 10.2. The number of rotatable bonds is 2. The van der Waals surface area contributed by atoms with Crippen molar-refractivity contribution in [3.8, 4) is 5.75 Å². The van der Waals surface area contributed by atoms with Crippen molar-refractivity contribution in [3.05, 3.63) is 24.0 Å². The van der Waals surface area contributed by atoms with Gasteiger partial charge in [0.15, 0.2) is 0 Å². The minimum absolute atomic E-state index is 0.191. The summed E-state index contributed by atoms with van der Waals surface area (Å²) in [5, 5.41) is 3.02. The van der Waals surface area contributed by atoms with Gasteiger partial charge in [-0.05, 0) is 19.0 Å². The van der Waals surface area contributed by atoms with Crippen molar-refractivity contribution in [2.75, 3.05) is 13.1 Å². The van der Waals surface area contributed by atoms with E-state index in [1.54, 1.807) is 0 Å². The lowest BCUT2D eigenvalue weighted by molar-refractivity contribution is -0.139. The van der Waals surface area contributed by atoms with Crippen molar-refractivity contribution >= 4 is 0 Å². The van der Waals surface area contributed by atoms with Gasteiger partial charge in [0.1, 0.15) is 17.4 Å². The smallest absolute Gasteiger partial charge is 0.420 e. The molecule has 1 aliphatic rings. The van der Waals surface area contributed by atoms with Gasteiger partial charge in [-0.3, -0.25) is 4.98 Å². The highest BCUT2D eigenvalue weighted by atomic mass is 19.4. The maximum absolute atomic E-state index is 12.6. The molecule has 0 radical (unpaired) electrons. The van der Waals surface area contributed by atoms with E-state index in [4.69, 9.17) is 4.74 Å². The van der Waals surface area contributed by atoms with E-state index in [9.17, 15) is 13.2 Å². The maximum Gasteiger partial charge on any atom is 0.420 e. The number of alkyl halides is 3. The Morgan fingerprint density at radius 2 is 2.25 bits per heavy atom. The van der Waals surface area contributed by atoms with Gasteiger partial charge in [-0.25, -0.2) is 0 Å². The van der Waals surface area contributed by atoms with Gasteiger partial charge in [0.25, 0.3) is 0 Å². The van der Waals surface area contributed by atoms with E-state index in [1.165, 1.54) is 0 Å². The largest absolute Gasteiger partial charge is 0.487 e. The van der Waals surface area contributed by atoms with E-state index in [2.05, 4.69) is 10.3 Å². The summed E-state index contributed by atoms with van der Waals surface area (Å²) in [6.07, 6.45) is -1.66. The Bertz CT molecular complexity index is 361. The van der Waals surface area contributed by atoms with Gasteiger partial charge >= 0.3 is 6.18 Å². The number of ether oxygens (including phenoxy) is 1. The molecule has 1 fully saturated rings. The predicted molar refractivity (Wildman–Crippen MR) is 51.1 cm³/mol. The molecule has 3 nitrogen and oxygen atoms in total. The number of hydrogen-bond donors (Lipinski definition) is 1. The van der Waals surface area contributed by atoms with Crippen molar-refractivity contribution in [1.29, 1.82) is 0 Å². The van der Waals surface area contributed by atoms with E-state index >= 15 is 0 Å². The fraction of sp³-hybridized carbons (Fsp3) is 0.500. The molecule has 0 spiro atoms. The summed E-state index contributed by atoms with van der Waals surface area (Å²) in [7, 11) is 0. The molecule has 1 saturated heterocycles. The van der Waals surface area contributed by atoms with Crippen LogP contribution in [-0.4, -0.2) is 24.2 Å². The topological polar surface area (TPSA) is 34.1 Å². The van der Waals surface area contributed by atoms with Crippen LogP contribution in [0.5, 0.6) is 5.75 Å². The number of halogens is 3. The van der Waals surface area contributed by atoms with E-state index < -0.39 is 11.7 Å². The first-order valence-corrected chi connectivity index (χ1v) is 4.96. The summed E-state index contributed by atoms with van der Waals surface area (Å²) in [5.41, 5.74) is -0.769. The second-order valence-electron chi connectivity index (χ2n) is 3.60. The molecule has 88 valence electrons. The fourth-order valence-corrected chi connectivity index (χ4v) is 1.62. The maximum atomic E-state index is 12.6. The Kier molecular flexibility index (Phi) is 3.00. The van der Waals surface area contributed by atoms with Crippen molar-refractivity contribution in [3.63, 3.8) is 0 Å². The van der Waals surface area contributed by atoms with Gasteiger partial charge in [0.05, 0.1) is 6.20 Å². The van der Waals surface area contributed by atoms with Crippen LogP contribution in [0.15, 0.2) is 18.5 Å². The highest BCUT2D eigenvalue weighted by Gasteiger charge is 2.35. The monoisotopic (exact) mass is 232 g/mol. The zero-order valence-corrected chi connectivity index (χ0v) is 8.42. The van der Waals surface area contributed by atoms with Crippen LogP contribution in [0.2, 0.25) is 0 Å². The molecule has 1 unspecified atom stereocenters. The molecular formula is C10H11F3N2O. The number of nitrogens with one attached hydrogen (secondary N) is 1. The molecule has 0 saturated carbocycles. The van der Waals surface area contributed by atoms with Gasteiger partial charge in [0, 0.05) is 12.7 Å². The van der Waals surface area contributed by atoms with Crippen LogP contribution >= 0.6 is 0 Å². The molecule has 2 rings (SSSR count). The van der Waals surface area contributed by atoms with Gasteiger partial charge < -0.3 is 10.1 Å². The Morgan fingerprint density at radius 1 is 1.44 bits per heavy atom. The average Bonchev–Trinajstić information content (AvgIpc) is 2.70. The van der Waals surface area contributed by atoms with Crippen LogP contribution in [0.3, 0.4) is 0 Å². The van der Waals surface area contributed by atoms with Gasteiger partial charge in [-0.15, -0.1) is 0 Å². The van der Waals surface area contributed by atoms with Crippen molar-refractivity contribution in [2.45, 2.75) is 18.7 Å². The molecule has 0 aromatic carbocycles. The molecular weight excluding hydrogens is 221 g/mol. The van der Waals surface area contributed by atoms with E-state index in [0.717, 1.165) is 25.0 Å². The van der Waals surface area contributed by atoms with Crippen LogP contribution in [0.4, 0.5) is 13.2 Å². The summed E-state index contributed by atoms with van der Waals surface area (Å²) in [6.45, 7) is 1.35. The van der Waals surface area contributed by atoms with Crippen LogP contribution in [0.1, 0.15) is 12.0 Å². The van der Waals surface area contributed by atoms with Crippen molar-refractivity contribution < 1.29 is 17.9 Å². The molecule has 0 amide bonds. The summed E-state index contributed by atoms with van der Waals surface area (Å²) < 4.78 is 43.1. The molecule has 6 heteroatoms. The average molecular weight is 232 g/mol. The van der Waals surface area contributed by atoms with Crippen LogP contribution < -0.4 is 10.1 Å². The molecule has 16 heavy (non-hydrogen) atoms. The third kappa shape index (κ3) is 2.44. The molecule has 1 N–H and O–H groups in total. The minimum atomic E-state index is -4.40. The third-order valence-corrected chi connectivity index (χ3v) is 2.40. The lowest BCUT2D eigenvalue weighted by Gasteiger charge is -2.16. The quantitative estimate of drug-likeness (QED) is 0.844. The van der Waals surface area contributed by atoms with Crippen LogP contribution in [0, 0.1) is 0 Å². The normalized spacial score (nSPS) is 21.1. The number of aromatic nitrogens is 1. The number of pyridine rings is 1. The second kappa shape index (κ2) is 4.29. The first kappa shape index (κ1) is 11.2. The van der Waals surface area contributed by atoms with Crippen molar-refractivity contribution in [1.82, 2.24) is 10.3 Å². The summed E-state index contributed by atoms with van der Waals surface area (Å²) >= 11 is 0. The van der Waals surface area contributed by atoms with Crippen LogP contribution in [0.25, 0.3) is 0 Å². The van der Waals surface area contributed by atoms with Gasteiger partial charge in [-0.2, -0.15) is 13.2 Å². The second-order valence-corrected chi connectivity index (χ2v) is 3.60. The number of nitrogens with zero attached hydrogens (tertiary/aromatic N) is 1. The summed E-state index contributed by atoms with van der Waals surface area (Å²) in [6, 6.07) is 0.928. The fourth-order valence-electron chi connectivity index (χ4n) is 1.62. The highest BCUT2D eigenvalue weighted by Crippen LogP contribution is 2.35. The lowest BCUT2D eigenvalue weighted by Crippen LogP contribution is -2.21. The standard InChI is InChI=1S/C10H11F3N2O/c11-10(12,13)8-2-4-15-6-9(8)16-7-1-3-14-5-7/h2,4,6-7,14H,1,3,5H2. The Labute approximate surface area is 90.6 Å². The van der Waals surface area contributed by atoms with Gasteiger partial charge in [0.2, 0.25) is 0 Å². The molecule has 1 atom stereocenters. The molecule has 1 aromatic heterocycles. The van der Waals surface area contributed by atoms with Gasteiger partial charge in [-0.1, -0.05) is 0 Å². The molecule has 1 aliphatic heterocycles. The molecule has 2 heterocycles. The van der Waals surface area contributed by atoms with Crippen molar-refractivity contribution in [2.24, 2.45) is 0 Å². The molecule has 1 aromatic rings. The minimum Gasteiger partial charge on any atom is -0.487 e. The zero-order chi connectivity index (χ0) is 11.6. The van der Waals surface area contributed by atoms with E-state index in [0.29, 0.717) is 13.0 Å². The number of hydrogen-bond acceptors (Lipinski definition) is 3. The Balaban J connectivity index is 2.19. The molecule has 0 aliphatic carbocycles. The SMILES string of the molecule is FC(F)(F)c1ccncc1OC1CCNC1. The first-order valence-electron chi connectivity index (χ1n) is 4.96. The van der Waals surface area contributed by atoms with Crippen LogP contribution in [-0.2, 0) is 6.18 Å². The zero-order valence-electron chi connectivity index (χ0n) is 8.42. The van der Waals surface area contributed by atoms with E-state index in [1.807, 2.05) is 0 Å². The highest BCUT2D eigenvalue weighted by molar-refractivity contribution is 5.32. The first-order chi connectivity index (χ1) is 7.57. The van der Waals surface area contributed by atoms with E-state index in [-0.39, 0.29) is 11.9 Å².